The minimum Gasteiger partial charge on any atom is -0.397 e. The topological polar surface area (TPSA) is 50.9 Å². The first-order valence-electron chi connectivity index (χ1n) is 7.67. The molecule has 0 saturated heterocycles. The van der Waals surface area contributed by atoms with Gasteiger partial charge in [-0.25, -0.2) is 0 Å². The van der Waals surface area contributed by atoms with E-state index in [4.69, 9.17) is 5.73 Å². The number of hydrogen-bond donors (Lipinski definition) is 2. The standard InChI is InChI=1S/C17H23N3/c1-2-12-5-7-13(8-6-12)20-16-10-9-15(18)17-14(16)4-3-11-19-17/h3-4,9-13,20H,2,5-8,18H2,1H3. The van der Waals surface area contributed by atoms with Crippen LogP contribution >= 0.6 is 0 Å². The van der Waals surface area contributed by atoms with Gasteiger partial charge in [0, 0.05) is 23.3 Å². The van der Waals surface area contributed by atoms with Gasteiger partial charge in [0.05, 0.1) is 11.2 Å². The number of pyridine rings is 1. The first-order valence-corrected chi connectivity index (χ1v) is 7.67. The molecule has 1 heterocycles. The molecule has 3 nitrogen and oxygen atoms in total. The average molecular weight is 269 g/mol. The van der Waals surface area contributed by atoms with Crippen LogP contribution < -0.4 is 11.1 Å². The van der Waals surface area contributed by atoms with Gasteiger partial charge >= 0.3 is 0 Å². The second kappa shape index (κ2) is 5.70. The summed E-state index contributed by atoms with van der Waals surface area (Å²) >= 11 is 0. The minimum atomic E-state index is 0.588. The van der Waals surface area contributed by atoms with E-state index in [2.05, 4.69) is 29.4 Å². The molecule has 0 amide bonds. The Morgan fingerprint density at radius 3 is 2.75 bits per heavy atom. The normalized spacial score (nSPS) is 22.9. The maximum absolute atomic E-state index is 6.00. The highest BCUT2D eigenvalue weighted by Gasteiger charge is 2.20. The molecule has 0 bridgehead atoms. The summed E-state index contributed by atoms with van der Waals surface area (Å²) in [5.74, 6) is 0.929. The zero-order valence-corrected chi connectivity index (χ0v) is 12.1. The van der Waals surface area contributed by atoms with Gasteiger partial charge in [-0.3, -0.25) is 4.98 Å². The average Bonchev–Trinajstić information content (AvgIpc) is 2.51. The lowest BCUT2D eigenvalue weighted by molar-refractivity contribution is 0.330. The molecule has 3 heteroatoms. The van der Waals surface area contributed by atoms with Crippen molar-refractivity contribution in [2.45, 2.75) is 45.1 Å². The zero-order chi connectivity index (χ0) is 13.9. The van der Waals surface area contributed by atoms with Crippen molar-refractivity contribution in [3.63, 3.8) is 0 Å². The van der Waals surface area contributed by atoms with Crippen molar-refractivity contribution >= 4 is 22.3 Å². The maximum atomic E-state index is 6.00. The number of nitrogens with one attached hydrogen (secondary N) is 1. The van der Waals surface area contributed by atoms with Crippen molar-refractivity contribution in [3.05, 3.63) is 30.5 Å². The van der Waals surface area contributed by atoms with E-state index in [9.17, 15) is 0 Å². The van der Waals surface area contributed by atoms with Crippen LogP contribution in [0.3, 0.4) is 0 Å². The summed E-state index contributed by atoms with van der Waals surface area (Å²) in [6.45, 7) is 2.30. The molecule has 1 saturated carbocycles. The Hall–Kier alpha value is -1.77. The Morgan fingerprint density at radius 2 is 2.00 bits per heavy atom. The van der Waals surface area contributed by atoms with Crippen molar-refractivity contribution in [1.82, 2.24) is 4.98 Å². The van der Waals surface area contributed by atoms with E-state index in [1.165, 1.54) is 37.8 Å². The first kappa shape index (κ1) is 13.2. The number of nitrogen functional groups attached to an aromatic ring is 1. The number of aromatic nitrogens is 1. The summed E-state index contributed by atoms with van der Waals surface area (Å²) in [5.41, 5.74) is 8.83. The highest BCUT2D eigenvalue weighted by Crippen LogP contribution is 2.31. The lowest BCUT2D eigenvalue weighted by Crippen LogP contribution is -2.26. The van der Waals surface area contributed by atoms with E-state index in [0.717, 1.165) is 22.5 Å². The third-order valence-electron chi connectivity index (χ3n) is 4.58. The number of fused-ring (bicyclic) bond motifs is 1. The van der Waals surface area contributed by atoms with Gasteiger partial charge in [0.1, 0.15) is 0 Å². The number of benzene rings is 1. The molecule has 2 aromatic rings. The molecule has 0 atom stereocenters. The number of nitrogens with zero attached hydrogens (tertiary/aromatic N) is 1. The smallest absolute Gasteiger partial charge is 0.0951 e. The fourth-order valence-electron chi connectivity index (χ4n) is 3.26. The molecule has 1 aromatic heterocycles. The van der Waals surface area contributed by atoms with Crippen molar-refractivity contribution in [1.29, 1.82) is 0 Å². The molecular formula is C17H23N3. The van der Waals surface area contributed by atoms with E-state index in [0.29, 0.717) is 6.04 Å². The van der Waals surface area contributed by atoms with Crippen molar-refractivity contribution in [3.8, 4) is 0 Å². The van der Waals surface area contributed by atoms with Gasteiger partial charge in [0.25, 0.3) is 0 Å². The number of nitrogens with two attached hydrogens (primary N) is 1. The van der Waals surface area contributed by atoms with Gasteiger partial charge in [-0.05, 0) is 55.9 Å². The molecule has 1 fully saturated rings. The summed E-state index contributed by atoms with van der Waals surface area (Å²) in [7, 11) is 0. The van der Waals surface area contributed by atoms with Gasteiger partial charge in [0.2, 0.25) is 0 Å². The molecule has 3 rings (SSSR count). The minimum absolute atomic E-state index is 0.588. The molecule has 0 aliphatic heterocycles. The summed E-state index contributed by atoms with van der Waals surface area (Å²) in [6, 6.07) is 8.70. The monoisotopic (exact) mass is 269 g/mol. The molecule has 1 aliphatic rings. The fraction of sp³-hybridized carbons (Fsp3) is 0.471. The summed E-state index contributed by atoms with van der Waals surface area (Å²) in [4.78, 5) is 4.39. The van der Waals surface area contributed by atoms with Crippen LogP contribution in [0.4, 0.5) is 11.4 Å². The van der Waals surface area contributed by atoms with Crippen molar-refractivity contribution in [2.24, 2.45) is 5.92 Å². The second-order valence-electron chi connectivity index (χ2n) is 5.87. The van der Waals surface area contributed by atoms with Gasteiger partial charge < -0.3 is 11.1 Å². The molecule has 1 aliphatic carbocycles. The Kier molecular flexibility index (Phi) is 3.77. The summed E-state index contributed by atoms with van der Waals surface area (Å²) in [6.07, 6.45) is 8.35. The third-order valence-corrected chi connectivity index (χ3v) is 4.58. The summed E-state index contributed by atoms with van der Waals surface area (Å²) < 4.78 is 0. The molecule has 0 spiro atoms. The molecule has 0 radical (unpaired) electrons. The molecule has 1 aromatic carbocycles. The molecule has 3 N–H and O–H groups in total. The van der Waals surface area contributed by atoms with E-state index >= 15 is 0 Å². The van der Waals surface area contributed by atoms with Crippen molar-refractivity contribution in [2.75, 3.05) is 11.1 Å². The van der Waals surface area contributed by atoms with Crippen LogP contribution in [0.2, 0.25) is 0 Å². The van der Waals surface area contributed by atoms with E-state index in [1.807, 2.05) is 12.1 Å². The molecule has 0 unspecified atom stereocenters. The van der Waals surface area contributed by atoms with Gasteiger partial charge in [-0.2, -0.15) is 0 Å². The summed E-state index contributed by atoms with van der Waals surface area (Å²) in [5, 5.41) is 4.83. The van der Waals surface area contributed by atoms with Gasteiger partial charge in [-0.1, -0.05) is 13.3 Å². The Balaban J connectivity index is 1.80. The molecule has 20 heavy (non-hydrogen) atoms. The van der Waals surface area contributed by atoms with E-state index in [-0.39, 0.29) is 0 Å². The predicted octanol–water partition coefficient (Wildman–Crippen LogP) is 4.20. The van der Waals surface area contributed by atoms with Crippen LogP contribution in [0.5, 0.6) is 0 Å². The number of rotatable bonds is 3. The van der Waals surface area contributed by atoms with Crippen LogP contribution in [-0.4, -0.2) is 11.0 Å². The third kappa shape index (κ3) is 2.58. The van der Waals surface area contributed by atoms with Gasteiger partial charge in [0.15, 0.2) is 0 Å². The van der Waals surface area contributed by atoms with Crippen LogP contribution in [-0.2, 0) is 0 Å². The van der Waals surface area contributed by atoms with E-state index in [1.54, 1.807) is 6.20 Å². The SMILES string of the molecule is CCC1CCC(Nc2ccc(N)c3ncccc23)CC1. The van der Waals surface area contributed by atoms with Crippen LogP contribution in [0.25, 0.3) is 10.9 Å². The Morgan fingerprint density at radius 1 is 1.20 bits per heavy atom. The highest BCUT2D eigenvalue weighted by atomic mass is 14.9. The lowest BCUT2D eigenvalue weighted by Gasteiger charge is -2.29. The molecule has 106 valence electrons. The highest BCUT2D eigenvalue weighted by molar-refractivity contribution is 5.98. The van der Waals surface area contributed by atoms with Crippen LogP contribution in [0.15, 0.2) is 30.5 Å². The Labute approximate surface area is 120 Å². The Bertz CT molecular complexity index is 586. The quantitative estimate of drug-likeness (QED) is 0.821. The predicted molar refractivity (Wildman–Crippen MR) is 85.8 cm³/mol. The molecular weight excluding hydrogens is 246 g/mol. The van der Waals surface area contributed by atoms with Crippen LogP contribution in [0.1, 0.15) is 39.0 Å². The van der Waals surface area contributed by atoms with E-state index < -0.39 is 0 Å². The van der Waals surface area contributed by atoms with Crippen LogP contribution in [0, 0.1) is 5.92 Å². The maximum Gasteiger partial charge on any atom is 0.0951 e. The fourth-order valence-corrected chi connectivity index (χ4v) is 3.26. The number of hydrogen-bond acceptors (Lipinski definition) is 3. The largest absolute Gasteiger partial charge is 0.397 e. The zero-order valence-electron chi connectivity index (χ0n) is 12.1. The second-order valence-corrected chi connectivity index (χ2v) is 5.87. The lowest BCUT2D eigenvalue weighted by atomic mass is 9.84. The first-order chi connectivity index (χ1) is 9.78. The van der Waals surface area contributed by atoms with Gasteiger partial charge in [-0.15, -0.1) is 0 Å². The number of anilines is 2. The van der Waals surface area contributed by atoms with Crippen molar-refractivity contribution < 1.29 is 0 Å².